The fourth-order valence-corrected chi connectivity index (χ4v) is 5.88. The number of piperidine rings is 1. The summed E-state index contributed by atoms with van der Waals surface area (Å²) in [4.78, 5) is 11.3. The fraction of sp³-hybridized carbons (Fsp3) is 0.636. The Morgan fingerprint density at radius 2 is 1.68 bits per heavy atom. The van der Waals surface area contributed by atoms with Gasteiger partial charge in [0.2, 0.25) is 0 Å². The summed E-state index contributed by atoms with van der Waals surface area (Å²) in [6.45, 7) is 6.39. The number of benzene rings is 1. The molecule has 0 unspecified atom stereocenters. The van der Waals surface area contributed by atoms with Gasteiger partial charge in [0, 0.05) is 24.5 Å². The molecule has 9 heteroatoms. The van der Waals surface area contributed by atoms with Gasteiger partial charge in [0.25, 0.3) is 0 Å². The molecule has 0 bridgehead atoms. The Hall–Kier alpha value is -1.89. The Kier molecular flexibility index (Phi) is 8.52. The van der Waals surface area contributed by atoms with Gasteiger partial charge in [-0.3, -0.25) is 4.57 Å². The van der Waals surface area contributed by atoms with E-state index in [4.69, 9.17) is 18.5 Å². The van der Waals surface area contributed by atoms with Crippen LogP contribution in [0.15, 0.2) is 18.5 Å². The minimum atomic E-state index is -2.94. The summed E-state index contributed by atoms with van der Waals surface area (Å²) in [5.74, 6) is 2.88. The summed E-state index contributed by atoms with van der Waals surface area (Å²) >= 11 is 0. The highest BCUT2D eigenvalue weighted by Gasteiger charge is 2.26. The molecule has 172 valence electrons. The van der Waals surface area contributed by atoms with Crippen LogP contribution >= 0.6 is 7.60 Å². The van der Waals surface area contributed by atoms with Crippen LogP contribution in [-0.2, 0) is 13.6 Å². The largest absolute Gasteiger partial charge is 0.493 e. The highest BCUT2D eigenvalue weighted by atomic mass is 31.2. The molecular weight excluding hydrogens is 417 g/mol. The molecule has 2 heterocycles. The fourth-order valence-electron chi connectivity index (χ4n) is 4.19. The van der Waals surface area contributed by atoms with Gasteiger partial charge in [-0.1, -0.05) is 0 Å². The standard InChI is InChI=1S/C22H34N3O5P/c1-5-29-31(26,30-6-2)13-7-8-17-9-11-25(12-10-17)22-18-14-20(27-3)21(28-4)15-19(18)23-16-24-22/h14-17H,5-13H2,1-4H3. The van der Waals surface area contributed by atoms with Crippen LogP contribution in [-0.4, -0.2) is 56.7 Å². The molecular formula is C22H34N3O5P. The Labute approximate surface area is 184 Å². The minimum Gasteiger partial charge on any atom is -0.493 e. The molecule has 1 saturated heterocycles. The average molecular weight is 452 g/mol. The van der Waals surface area contributed by atoms with E-state index in [1.807, 2.05) is 26.0 Å². The monoisotopic (exact) mass is 451 g/mol. The Balaban J connectivity index is 1.61. The number of methoxy groups -OCH3 is 2. The van der Waals surface area contributed by atoms with Crippen LogP contribution in [0, 0.1) is 5.92 Å². The van der Waals surface area contributed by atoms with Crippen LogP contribution in [0.1, 0.15) is 39.5 Å². The number of rotatable bonds is 11. The highest BCUT2D eigenvalue weighted by molar-refractivity contribution is 7.53. The smallest absolute Gasteiger partial charge is 0.330 e. The maximum absolute atomic E-state index is 12.6. The van der Waals surface area contributed by atoms with E-state index in [1.54, 1.807) is 20.5 Å². The normalized spacial score (nSPS) is 15.4. The Morgan fingerprint density at radius 1 is 1.03 bits per heavy atom. The quantitative estimate of drug-likeness (QED) is 0.446. The van der Waals surface area contributed by atoms with Gasteiger partial charge in [-0.2, -0.15) is 0 Å². The zero-order valence-electron chi connectivity index (χ0n) is 19.0. The van der Waals surface area contributed by atoms with E-state index < -0.39 is 7.60 Å². The first-order valence-corrected chi connectivity index (χ1v) is 12.8. The first-order valence-electron chi connectivity index (χ1n) is 11.0. The summed E-state index contributed by atoms with van der Waals surface area (Å²) in [6.07, 6.45) is 6.14. The molecule has 1 aromatic heterocycles. The lowest BCUT2D eigenvalue weighted by molar-refractivity contribution is 0.218. The molecule has 1 aliphatic rings. The number of hydrogen-bond acceptors (Lipinski definition) is 8. The van der Waals surface area contributed by atoms with Crippen molar-refractivity contribution in [3.8, 4) is 11.5 Å². The Bertz CT molecular complexity index is 892. The van der Waals surface area contributed by atoms with Gasteiger partial charge >= 0.3 is 7.60 Å². The van der Waals surface area contributed by atoms with Gasteiger partial charge in [0.05, 0.1) is 39.1 Å². The van der Waals surface area contributed by atoms with Crippen molar-refractivity contribution in [2.75, 3.05) is 51.6 Å². The summed E-state index contributed by atoms with van der Waals surface area (Å²) in [6, 6.07) is 3.84. The zero-order chi connectivity index (χ0) is 22.3. The number of fused-ring (bicyclic) bond motifs is 1. The number of anilines is 1. The van der Waals surface area contributed by atoms with E-state index in [0.717, 1.165) is 55.5 Å². The van der Waals surface area contributed by atoms with Crippen molar-refractivity contribution < 1.29 is 23.1 Å². The molecule has 0 atom stereocenters. The molecule has 1 aliphatic heterocycles. The minimum absolute atomic E-state index is 0.416. The van der Waals surface area contributed by atoms with Crippen molar-refractivity contribution in [1.29, 1.82) is 0 Å². The SMILES string of the molecule is CCOP(=O)(CCCC1CCN(c2ncnc3cc(OC)c(OC)cc23)CC1)OCC. The highest BCUT2D eigenvalue weighted by Crippen LogP contribution is 2.49. The summed E-state index contributed by atoms with van der Waals surface area (Å²) in [5, 5.41) is 0.966. The molecule has 2 aromatic rings. The van der Waals surface area contributed by atoms with Gasteiger partial charge in [-0.05, 0) is 51.5 Å². The third kappa shape index (κ3) is 5.88. The van der Waals surface area contributed by atoms with Crippen molar-refractivity contribution in [3.63, 3.8) is 0 Å². The first-order chi connectivity index (χ1) is 15.0. The molecule has 0 saturated carbocycles. The predicted octanol–water partition coefficient (Wildman–Crippen LogP) is 4.91. The molecule has 1 aromatic carbocycles. The predicted molar refractivity (Wildman–Crippen MR) is 123 cm³/mol. The molecule has 31 heavy (non-hydrogen) atoms. The van der Waals surface area contributed by atoms with E-state index in [1.165, 1.54) is 0 Å². The maximum Gasteiger partial charge on any atom is 0.330 e. The number of hydrogen-bond donors (Lipinski definition) is 0. The van der Waals surface area contributed by atoms with Gasteiger partial charge in [-0.25, -0.2) is 9.97 Å². The van der Waals surface area contributed by atoms with Gasteiger partial charge in [-0.15, -0.1) is 0 Å². The van der Waals surface area contributed by atoms with Crippen LogP contribution in [0.25, 0.3) is 10.9 Å². The molecule has 0 amide bonds. The lowest BCUT2D eigenvalue weighted by Crippen LogP contribution is -2.34. The lowest BCUT2D eigenvalue weighted by atomic mass is 9.92. The molecule has 0 spiro atoms. The molecule has 0 aliphatic carbocycles. The van der Waals surface area contributed by atoms with Crippen LogP contribution in [0.3, 0.4) is 0 Å². The van der Waals surface area contributed by atoms with Crippen molar-refractivity contribution >= 4 is 24.3 Å². The maximum atomic E-state index is 12.6. The topological polar surface area (TPSA) is 83.0 Å². The van der Waals surface area contributed by atoms with E-state index in [0.29, 0.717) is 36.8 Å². The lowest BCUT2D eigenvalue weighted by Gasteiger charge is -2.33. The van der Waals surface area contributed by atoms with Crippen molar-refractivity contribution in [2.24, 2.45) is 5.92 Å². The molecule has 1 fully saturated rings. The van der Waals surface area contributed by atoms with Crippen LogP contribution < -0.4 is 14.4 Å². The van der Waals surface area contributed by atoms with Crippen molar-refractivity contribution in [2.45, 2.75) is 39.5 Å². The summed E-state index contributed by atoms with van der Waals surface area (Å²) in [5.41, 5.74) is 0.840. The summed E-state index contributed by atoms with van der Waals surface area (Å²) < 4.78 is 34.3. The zero-order valence-corrected chi connectivity index (χ0v) is 19.9. The summed E-state index contributed by atoms with van der Waals surface area (Å²) in [7, 11) is 0.318. The van der Waals surface area contributed by atoms with Crippen molar-refractivity contribution in [1.82, 2.24) is 9.97 Å². The van der Waals surface area contributed by atoms with Gasteiger partial charge in [0.15, 0.2) is 11.5 Å². The van der Waals surface area contributed by atoms with E-state index in [-0.39, 0.29) is 0 Å². The van der Waals surface area contributed by atoms with Crippen LogP contribution in [0.2, 0.25) is 0 Å². The van der Waals surface area contributed by atoms with Crippen molar-refractivity contribution in [3.05, 3.63) is 18.5 Å². The van der Waals surface area contributed by atoms with E-state index in [9.17, 15) is 4.57 Å². The Morgan fingerprint density at radius 3 is 2.29 bits per heavy atom. The number of nitrogens with zero attached hydrogens (tertiary/aromatic N) is 3. The van der Waals surface area contributed by atoms with E-state index >= 15 is 0 Å². The van der Waals surface area contributed by atoms with Gasteiger partial charge < -0.3 is 23.4 Å². The van der Waals surface area contributed by atoms with Crippen LogP contribution in [0.4, 0.5) is 5.82 Å². The molecule has 3 rings (SSSR count). The second-order valence-electron chi connectivity index (χ2n) is 7.66. The number of aromatic nitrogens is 2. The average Bonchev–Trinajstić information content (AvgIpc) is 2.78. The second-order valence-corrected chi connectivity index (χ2v) is 9.85. The number of ether oxygens (including phenoxy) is 2. The molecule has 0 N–H and O–H groups in total. The van der Waals surface area contributed by atoms with Gasteiger partial charge in [0.1, 0.15) is 12.1 Å². The third-order valence-corrected chi connectivity index (χ3v) is 7.90. The molecule has 8 nitrogen and oxygen atoms in total. The second kappa shape index (κ2) is 11.1. The van der Waals surface area contributed by atoms with Crippen LogP contribution in [0.5, 0.6) is 11.5 Å². The molecule has 0 radical (unpaired) electrons. The van der Waals surface area contributed by atoms with E-state index in [2.05, 4.69) is 14.9 Å². The first kappa shape index (κ1) is 23.8. The third-order valence-electron chi connectivity index (χ3n) is 5.73.